The Morgan fingerprint density at radius 3 is 2.54 bits per heavy atom. The average molecular weight is 758 g/mol. The zero-order valence-corrected chi connectivity index (χ0v) is 30.1. The molecule has 0 N–H and O–H groups in total. The fourth-order valence-electron chi connectivity index (χ4n) is 6.32. The van der Waals surface area contributed by atoms with E-state index in [2.05, 4.69) is 15.3 Å². The van der Waals surface area contributed by atoms with Crippen LogP contribution in [-0.2, 0) is 23.7 Å². The van der Waals surface area contributed by atoms with Crippen LogP contribution in [0.3, 0.4) is 0 Å². The molecule has 2 saturated heterocycles. The number of amides is 1. The smallest absolute Gasteiger partial charge is 0.410 e. The third kappa shape index (κ3) is 7.56. The van der Waals surface area contributed by atoms with Crippen LogP contribution in [0.5, 0.6) is 0 Å². The zero-order chi connectivity index (χ0) is 36.7. The molecule has 11 nitrogen and oxygen atoms in total. The summed E-state index contributed by atoms with van der Waals surface area (Å²) < 4.78 is 74.7. The molecule has 4 aromatic rings. The van der Waals surface area contributed by atoms with E-state index in [9.17, 15) is 18.0 Å². The highest BCUT2D eigenvalue weighted by molar-refractivity contribution is 7.99. The van der Waals surface area contributed by atoms with Crippen molar-refractivity contribution in [3.63, 3.8) is 0 Å². The number of halogens is 4. The van der Waals surface area contributed by atoms with Crippen LogP contribution < -0.4 is 0 Å². The maximum Gasteiger partial charge on any atom is 0.410 e. The minimum absolute atomic E-state index is 0.00103. The van der Waals surface area contributed by atoms with Gasteiger partial charge in [-0.25, -0.2) is 22.6 Å². The maximum absolute atomic E-state index is 14.2. The van der Waals surface area contributed by atoms with Crippen molar-refractivity contribution in [1.29, 1.82) is 0 Å². The number of hydrogen-bond acceptors (Lipinski definition) is 10. The van der Waals surface area contributed by atoms with Gasteiger partial charge in [-0.2, -0.15) is 0 Å². The van der Waals surface area contributed by atoms with E-state index < -0.39 is 65.2 Å². The molecule has 3 aliphatic heterocycles. The molecule has 7 rings (SSSR count). The first-order valence-corrected chi connectivity index (χ1v) is 17.7. The summed E-state index contributed by atoms with van der Waals surface area (Å²) in [6.45, 7) is 6.21. The molecule has 274 valence electrons. The monoisotopic (exact) mass is 757 g/mol. The lowest BCUT2D eigenvalue weighted by Crippen LogP contribution is -2.59. The van der Waals surface area contributed by atoms with E-state index in [0.717, 1.165) is 23.3 Å². The number of benzene rings is 2. The molecule has 3 unspecified atom stereocenters. The summed E-state index contributed by atoms with van der Waals surface area (Å²) in [5.74, 6) is -4.28. The fraction of sp³-hybridized carbons (Fsp3) is 0.389. The molecule has 0 spiro atoms. The summed E-state index contributed by atoms with van der Waals surface area (Å²) in [5, 5.41) is 8.91. The summed E-state index contributed by atoms with van der Waals surface area (Å²) in [6.07, 6.45) is 1.74. The van der Waals surface area contributed by atoms with Crippen LogP contribution in [-0.4, -0.2) is 87.1 Å². The van der Waals surface area contributed by atoms with E-state index in [0.29, 0.717) is 22.2 Å². The first-order valence-electron chi connectivity index (χ1n) is 16.4. The van der Waals surface area contributed by atoms with Crippen molar-refractivity contribution < 1.29 is 41.7 Å². The van der Waals surface area contributed by atoms with Gasteiger partial charge in [0.25, 0.3) is 0 Å². The van der Waals surface area contributed by atoms with Crippen molar-refractivity contribution in [2.24, 2.45) is 0 Å². The number of aromatic nitrogens is 4. The normalized spacial score (nSPS) is 24.8. The number of pyridine rings is 1. The van der Waals surface area contributed by atoms with Gasteiger partial charge in [-0.1, -0.05) is 65.0 Å². The van der Waals surface area contributed by atoms with E-state index in [1.54, 1.807) is 11.0 Å². The molecule has 5 heterocycles. The minimum Gasteiger partial charge on any atom is -0.444 e. The highest BCUT2D eigenvalue weighted by atomic mass is 35.5. The van der Waals surface area contributed by atoms with Crippen LogP contribution in [0.15, 0.2) is 71.9 Å². The Morgan fingerprint density at radius 1 is 1.08 bits per heavy atom. The number of methoxy groups -OCH3 is 1. The van der Waals surface area contributed by atoms with E-state index >= 15 is 0 Å². The molecular formula is C36H35ClF3N5O6S. The van der Waals surface area contributed by atoms with E-state index in [4.69, 9.17) is 35.3 Å². The maximum atomic E-state index is 14.2. The van der Waals surface area contributed by atoms with Gasteiger partial charge in [-0.3, -0.25) is 4.98 Å². The largest absolute Gasteiger partial charge is 0.444 e. The Morgan fingerprint density at radius 2 is 1.83 bits per heavy atom. The Labute approximate surface area is 307 Å². The number of carbonyl (C=O) groups excluding carboxylic acids is 1. The van der Waals surface area contributed by atoms with Crippen LogP contribution in [0.2, 0.25) is 5.02 Å². The number of carbonyl (C=O) groups is 1. The number of nitrogens with zero attached hydrogens (tertiary/aromatic N) is 5. The van der Waals surface area contributed by atoms with Gasteiger partial charge in [-0.15, -0.1) is 5.10 Å². The zero-order valence-electron chi connectivity index (χ0n) is 28.5. The second-order valence-corrected chi connectivity index (χ2v) is 15.0. The molecule has 3 aliphatic rings. The Bertz CT molecular complexity index is 1960. The molecule has 1 amide bonds. The number of hydrogen-bond donors (Lipinski definition) is 0. The van der Waals surface area contributed by atoms with Gasteiger partial charge in [0, 0.05) is 35.9 Å². The predicted octanol–water partition coefficient (Wildman–Crippen LogP) is 7.23. The van der Waals surface area contributed by atoms with Gasteiger partial charge in [0.15, 0.2) is 23.7 Å². The van der Waals surface area contributed by atoms with Gasteiger partial charge in [0.1, 0.15) is 41.1 Å². The molecule has 0 radical (unpaired) electrons. The third-order valence-corrected chi connectivity index (χ3v) is 10.1. The molecule has 16 heteroatoms. The molecule has 6 atom stereocenters. The fourth-order valence-corrected chi connectivity index (χ4v) is 7.89. The van der Waals surface area contributed by atoms with Crippen molar-refractivity contribution in [3.05, 3.63) is 101 Å². The first kappa shape index (κ1) is 36.4. The molecule has 2 aromatic heterocycles. The van der Waals surface area contributed by atoms with E-state index in [-0.39, 0.29) is 24.4 Å². The minimum atomic E-state index is -1.58. The molecular weight excluding hydrogens is 723 g/mol. The summed E-state index contributed by atoms with van der Waals surface area (Å²) in [6, 6.07) is 12.2. The number of rotatable bonds is 7. The van der Waals surface area contributed by atoms with Gasteiger partial charge in [0.05, 0.1) is 30.1 Å². The Balaban J connectivity index is 1.21. The van der Waals surface area contributed by atoms with Crippen molar-refractivity contribution in [3.8, 4) is 11.3 Å². The Hall–Kier alpha value is -3.99. The lowest BCUT2D eigenvalue weighted by atomic mass is 9.95. The third-order valence-electron chi connectivity index (χ3n) is 8.69. The highest BCUT2D eigenvalue weighted by Gasteiger charge is 2.52. The summed E-state index contributed by atoms with van der Waals surface area (Å²) >= 11 is 7.80. The van der Waals surface area contributed by atoms with Crippen LogP contribution in [0.4, 0.5) is 18.0 Å². The SMILES string of the molecule is COC1[C@@H](Sc2cc(Cl)cnc2C2=CCN(C(=O)OC(C)(C)C)C2)OC2COC(c3ccccc3)O[C@@H]2[C@@H]1n1cc(-c2cc(F)c(F)c(F)c2)nn1. The molecule has 0 aliphatic carbocycles. The molecule has 52 heavy (non-hydrogen) atoms. The summed E-state index contributed by atoms with van der Waals surface area (Å²) in [5.41, 5.74) is 0.956. The molecule has 2 aromatic carbocycles. The lowest BCUT2D eigenvalue weighted by Gasteiger charge is -2.48. The number of thioether (sulfide) groups is 1. The quantitative estimate of drug-likeness (QED) is 0.179. The van der Waals surface area contributed by atoms with Gasteiger partial charge in [-0.05, 0) is 44.5 Å². The molecule has 2 fully saturated rings. The topological polar surface area (TPSA) is 110 Å². The summed E-state index contributed by atoms with van der Waals surface area (Å²) in [7, 11) is 1.53. The van der Waals surface area contributed by atoms with Gasteiger partial charge >= 0.3 is 6.09 Å². The van der Waals surface area contributed by atoms with Crippen molar-refractivity contribution >= 4 is 35.0 Å². The van der Waals surface area contributed by atoms with Crippen molar-refractivity contribution in [2.75, 3.05) is 26.8 Å². The standard InChI is InChI=1S/C36H35ClF3N5O6S/c1-36(2,3)51-35(46)44-11-10-20(16-44)29-27(14-22(37)15-41-29)52-34-32(47-4)30(31-26(49-34)18-48-33(50-31)19-8-6-5-7-9-19)45-17-25(42-43-45)21-12-23(38)28(40)24(39)13-21/h5-10,12-15,17,26,30-34H,11,16,18H2,1-4H3/t26?,30-,31-,32?,33?,34+/m0/s1. The number of fused-ring (bicyclic) bond motifs is 1. The molecule has 0 saturated carbocycles. The van der Waals surface area contributed by atoms with Crippen LogP contribution in [0, 0.1) is 17.5 Å². The van der Waals surface area contributed by atoms with Crippen LogP contribution in [0.25, 0.3) is 16.8 Å². The van der Waals surface area contributed by atoms with Gasteiger partial charge in [0.2, 0.25) is 0 Å². The second kappa shape index (κ2) is 14.8. The lowest BCUT2D eigenvalue weighted by molar-refractivity contribution is -0.308. The van der Waals surface area contributed by atoms with Crippen LogP contribution in [0.1, 0.15) is 44.4 Å². The molecule has 0 bridgehead atoms. The second-order valence-electron chi connectivity index (χ2n) is 13.5. The van der Waals surface area contributed by atoms with Gasteiger partial charge < -0.3 is 28.6 Å². The average Bonchev–Trinajstić information content (AvgIpc) is 3.81. The number of ether oxygens (including phenoxy) is 5. The van der Waals surface area contributed by atoms with Crippen molar-refractivity contribution in [2.45, 2.75) is 67.3 Å². The van der Waals surface area contributed by atoms with E-state index in [1.165, 1.54) is 35.9 Å². The summed E-state index contributed by atoms with van der Waals surface area (Å²) in [4.78, 5) is 19.7. The van der Waals surface area contributed by atoms with E-state index in [1.807, 2.05) is 57.2 Å². The van der Waals surface area contributed by atoms with Crippen molar-refractivity contribution in [1.82, 2.24) is 24.9 Å². The Kier molecular flexibility index (Phi) is 10.3. The predicted molar refractivity (Wildman–Crippen MR) is 185 cm³/mol. The van der Waals surface area contributed by atoms with Crippen LogP contribution >= 0.6 is 23.4 Å². The highest BCUT2D eigenvalue weighted by Crippen LogP contribution is 2.46. The first-order chi connectivity index (χ1) is 24.9.